The molecule has 1 heterocycles. The first-order chi connectivity index (χ1) is 10.2. The standard InChI is InChI=1S/C15H17NO6/c1-15(22)6-4-9-8-16(13(19)10(9)5-7-15)11(14(20)21)2-3-12(17)18/h4-7,11,22H,2-3,8H2,1H3,(H,17,18)(H,20,21). The maximum atomic E-state index is 12.4. The number of carbonyl (C=O) groups excluding carboxylic acids is 1. The van der Waals surface area contributed by atoms with Gasteiger partial charge in [0.2, 0.25) is 0 Å². The quantitative estimate of drug-likeness (QED) is 0.674. The van der Waals surface area contributed by atoms with Crippen molar-refractivity contribution in [2.75, 3.05) is 6.54 Å². The van der Waals surface area contributed by atoms with Crippen molar-refractivity contribution in [2.24, 2.45) is 0 Å². The third-order valence-electron chi connectivity index (χ3n) is 3.68. The number of nitrogens with zero attached hydrogens (tertiary/aromatic N) is 1. The highest BCUT2D eigenvalue weighted by Crippen LogP contribution is 2.28. The van der Waals surface area contributed by atoms with Gasteiger partial charge in [-0.3, -0.25) is 9.59 Å². The Morgan fingerprint density at radius 1 is 1.32 bits per heavy atom. The Balaban J connectivity index is 2.21. The minimum atomic E-state index is -1.23. The molecule has 0 saturated carbocycles. The van der Waals surface area contributed by atoms with Gasteiger partial charge in [-0.05, 0) is 37.1 Å². The maximum Gasteiger partial charge on any atom is 0.326 e. The van der Waals surface area contributed by atoms with E-state index in [1.54, 1.807) is 13.0 Å². The summed E-state index contributed by atoms with van der Waals surface area (Å²) in [4.78, 5) is 35.5. The van der Waals surface area contributed by atoms with Crippen LogP contribution in [0.1, 0.15) is 19.8 Å². The highest BCUT2D eigenvalue weighted by atomic mass is 16.4. The number of rotatable bonds is 5. The van der Waals surface area contributed by atoms with Gasteiger partial charge in [-0.15, -0.1) is 0 Å². The predicted molar refractivity (Wildman–Crippen MR) is 75.9 cm³/mol. The lowest BCUT2D eigenvalue weighted by Crippen LogP contribution is -2.43. The van der Waals surface area contributed by atoms with Crippen LogP contribution in [-0.4, -0.2) is 56.3 Å². The zero-order valence-electron chi connectivity index (χ0n) is 12.0. The number of hydrogen-bond acceptors (Lipinski definition) is 4. The number of aliphatic hydroxyl groups is 1. The second-order valence-electron chi connectivity index (χ2n) is 5.55. The van der Waals surface area contributed by atoms with E-state index in [2.05, 4.69) is 0 Å². The largest absolute Gasteiger partial charge is 0.481 e. The molecule has 2 rings (SSSR count). The number of aliphatic carboxylic acids is 2. The average Bonchev–Trinajstić information content (AvgIpc) is 2.62. The van der Waals surface area contributed by atoms with Crippen molar-refractivity contribution in [1.29, 1.82) is 0 Å². The summed E-state index contributed by atoms with van der Waals surface area (Å²) in [5.74, 6) is -2.80. The van der Waals surface area contributed by atoms with Crippen molar-refractivity contribution in [3.8, 4) is 0 Å². The van der Waals surface area contributed by atoms with Gasteiger partial charge in [0.15, 0.2) is 0 Å². The van der Waals surface area contributed by atoms with Gasteiger partial charge in [-0.25, -0.2) is 4.79 Å². The zero-order chi connectivity index (χ0) is 16.5. The number of amides is 1. The van der Waals surface area contributed by atoms with E-state index < -0.39 is 29.5 Å². The van der Waals surface area contributed by atoms with Crippen molar-refractivity contribution in [3.63, 3.8) is 0 Å². The molecular formula is C15H17NO6. The van der Waals surface area contributed by atoms with Crippen LogP contribution in [0, 0.1) is 0 Å². The fourth-order valence-electron chi connectivity index (χ4n) is 2.45. The molecular weight excluding hydrogens is 290 g/mol. The van der Waals surface area contributed by atoms with Crippen molar-refractivity contribution < 1.29 is 29.7 Å². The number of carbonyl (C=O) groups is 3. The Labute approximate surface area is 126 Å². The molecule has 0 spiro atoms. The molecule has 22 heavy (non-hydrogen) atoms. The van der Waals surface area contributed by atoms with Gasteiger partial charge in [0, 0.05) is 18.5 Å². The van der Waals surface area contributed by atoms with E-state index in [9.17, 15) is 24.6 Å². The molecule has 1 aliphatic heterocycles. The van der Waals surface area contributed by atoms with E-state index in [0.29, 0.717) is 11.1 Å². The SMILES string of the molecule is CC1(O)C=CC2=C(C=C1)C(=O)N(C(CCC(=O)O)C(=O)O)C2. The van der Waals surface area contributed by atoms with Crippen LogP contribution < -0.4 is 0 Å². The smallest absolute Gasteiger partial charge is 0.326 e. The van der Waals surface area contributed by atoms with Crippen LogP contribution in [0.25, 0.3) is 0 Å². The fourth-order valence-corrected chi connectivity index (χ4v) is 2.45. The fraction of sp³-hybridized carbons (Fsp3) is 0.400. The molecule has 2 aliphatic rings. The highest BCUT2D eigenvalue weighted by molar-refractivity contribution is 6.02. The molecule has 0 fully saturated rings. The van der Waals surface area contributed by atoms with E-state index in [1.165, 1.54) is 18.2 Å². The van der Waals surface area contributed by atoms with Crippen LogP contribution in [0.5, 0.6) is 0 Å². The minimum Gasteiger partial charge on any atom is -0.481 e. The van der Waals surface area contributed by atoms with Gasteiger partial charge < -0.3 is 20.2 Å². The molecule has 0 aromatic rings. The average molecular weight is 307 g/mol. The summed E-state index contributed by atoms with van der Waals surface area (Å²) in [7, 11) is 0. The lowest BCUT2D eigenvalue weighted by atomic mass is 10.1. The Hall–Kier alpha value is -2.41. The summed E-state index contributed by atoms with van der Waals surface area (Å²) in [5.41, 5.74) is -0.221. The van der Waals surface area contributed by atoms with Crippen LogP contribution in [0.15, 0.2) is 35.5 Å². The summed E-state index contributed by atoms with van der Waals surface area (Å²) in [6.45, 7) is 1.65. The van der Waals surface area contributed by atoms with Crippen LogP contribution in [0.4, 0.5) is 0 Å². The maximum absolute atomic E-state index is 12.4. The molecule has 0 aromatic heterocycles. The molecule has 1 amide bonds. The molecule has 0 saturated heterocycles. The lowest BCUT2D eigenvalue weighted by molar-refractivity contribution is -0.148. The van der Waals surface area contributed by atoms with E-state index in [-0.39, 0.29) is 19.4 Å². The Bertz CT molecular complexity index is 614. The zero-order valence-corrected chi connectivity index (χ0v) is 12.0. The van der Waals surface area contributed by atoms with E-state index in [4.69, 9.17) is 5.11 Å². The molecule has 0 radical (unpaired) electrons. The van der Waals surface area contributed by atoms with Crippen LogP contribution >= 0.6 is 0 Å². The molecule has 7 heteroatoms. The topological polar surface area (TPSA) is 115 Å². The summed E-state index contributed by atoms with van der Waals surface area (Å²) in [5, 5.41) is 27.9. The van der Waals surface area contributed by atoms with Crippen LogP contribution in [-0.2, 0) is 14.4 Å². The first kappa shape index (κ1) is 16.0. The van der Waals surface area contributed by atoms with Gasteiger partial charge in [-0.1, -0.05) is 6.08 Å². The second kappa shape index (κ2) is 5.76. The normalized spacial score (nSPS) is 25.2. The van der Waals surface area contributed by atoms with Gasteiger partial charge in [0.05, 0.1) is 5.60 Å². The lowest BCUT2D eigenvalue weighted by Gasteiger charge is -2.24. The van der Waals surface area contributed by atoms with Crippen molar-refractivity contribution in [2.45, 2.75) is 31.4 Å². The Morgan fingerprint density at radius 3 is 2.55 bits per heavy atom. The van der Waals surface area contributed by atoms with E-state index in [1.807, 2.05) is 0 Å². The molecule has 118 valence electrons. The molecule has 3 N–H and O–H groups in total. The molecule has 1 aliphatic carbocycles. The molecule has 0 aromatic carbocycles. The van der Waals surface area contributed by atoms with Crippen molar-refractivity contribution in [3.05, 3.63) is 35.5 Å². The van der Waals surface area contributed by atoms with Gasteiger partial charge in [0.25, 0.3) is 5.91 Å². The van der Waals surface area contributed by atoms with Crippen molar-refractivity contribution >= 4 is 17.8 Å². The number of carboxylic acids is 2. The molecule has 7 nitrogen and oxygen atoms in total. The first-order valence-electron chi connectivity index (χ1n) is 6.81. The second-order valence-corrected chi connectivity index (χ2v) is 5.55. The summed E-state index contributed by atoms with van der Waals surface area (Å²) in [6, 6.07) is -1.18. The summed E-state index contributed by atoms with van der Waals surface area (Å²) in [6.07, 6.45) is 5.58. The summed E-state index contributed by atoms with van der Waals surface area (Å²) >= 11 is 0. The van der Waals surface area contributed by atoms with Crippen LogP contribution in [0.3, 0.4) is 0 Å². The Morgan fingerprint density at radius 2 is 1.95 bits per heavy atom. The first-order valence-corrected chi connectivity index (χ1v) is 6.81. The molecule has 0 bridgehead atoms. The molecule has 2 atom stereocenters. The van der Waals surface area contributed by atoms with Gasteiger partial charge >= 0.3 is 11.9 Å². The molecule has 2 unspecified atom stereocenters. The minimum absolute atomic E-state index is 0.0850. The highest BCUT2D eigenvalue weighted by Gasteiger charge is 2.37. The van der Waals surface area contributed by atoms with E-state index in [0.717, 1.165) is 4.90 Å². The third-order valence-corrected chi connectivity index (χ3v) is 3.68. The van der Waals surface area contributed by atoms with E-state index >= 15 is 0 Å². The number of hydrogen-bond donors (Lipinski definition) is 3. The predicted octanol–water partition coefficient (Wildman–Crippen LogP) is 0.320. The summed E-state index contributed by atoms with van der Waals surface area (Å²) < 4.78 is 0. The van der Waals surface area contributed by atoms with Gasteiger partial charge in [-0.2, -0.15) is 0 Å². The van der Waals surface area contributed by atoms with Gasteiger partial charge in [0.1, 0.15) is 6.04 Å². The monoisotopic (exact) mass is 307 g/mol. The van der Waals surface area contributed by atoms with Crippen molar-refractivity contribution in [1.82, 2.24) is 4.90 Å². The third kappa shape index (κ3) is 3.25. The Kier molecular flexibility index (Phi) is 4.18. The number of carboxylic acid groups (broad SMARTS) is 2. The van der Waals surface area contributed by atoms with Crippen LogP contribution in [0.2, 0.25) is 0 Å².